The molecule has 0 aromatic heterocycles. The molecular weight excluding hydrogens is 570 g/mol. The van der Waals surface area contributed by atoms with E-state index in [1.54, 1.807) is 23.1 Å². The van der Waals surface area contributed by atoms with Crippen molar-refractivity contribution < 1.29 is 18.0 Å². The first-order chi connectivity index (χ1) is 19.9. The number of carbonyl (C=O) groups is 2. The second kappa shape index (κ2) is 15.2. The molecule has 0 radical (unpaired) electrons. The van der Waals surface area contributed by atoms with Crippen LogP contribution in [-0.2, 0) is 32.6 Å². The van der Waals surface area contributed by atoms with Crippen LogP contribution in [0.3, 0.4) is 0 Å². The molecule has 226 valence electrons. The van der Waals surface area contributed by atoms with E-state index in [0.717, 1.165) is 28.7 Å². The predicted molar refractivity (Wildman–Crippen MR) is 171 cm³/mol. The summed E-state index contributed by atoms with van der Waals surface area (Å²) in [6, 6.07) is 21.6. The first kappa shape index (κ1) is 33.1. The average Bonchev–Trinajstić information content (AvgIpc) is 2.95. The van der Waals surface area contributed by atoms with E-state index in [9.17, 15) is 18.0 Å². The molecule has 0 spiro atoms. The number of sulfonamides is 1. The summed E-state index contributed by atoms with van der Waals surface area (Å²) in [5.41, 5.74) is 4.41. The monoisotopic (exact) mass is 611 g/mol. The minimum Gasteiger partial charge on any atom is -0.352 e. The van der Waals surface area contributed by atoms with Crippen LogP contribution in [0, 0.1) is 13.8 Å². The maximum Gasteiger partial charge on any atom is 0.243 e. The van der Waals surface area contributed by atoms with Crippen LogP contribution in [0.4, 0.5) is 5.69 Å². The third kappa shape index (κ3) is 9.60. The lowest BCUT2D eigenvalue weighted by Gasteiger charge is -2.32. The van der Waals surface area contributed by atoms with Gasteiger partial charge in [0.2, 0.25) is 21.8 Å². The van der Waals surface area contributed by atoms with E-state index < -0.39 is 16.1 Å². The van der Waals surface area contributed by atoms with Crippen molar-refractivity contribution in [3.05, 3.63) is 100 Å². The molecule has 0 saturated heterocycles. The highest BCUT2D eigenvalue weighted by atomic mass is 35.5. The van der Waals surface area contributed by atoms with Crippen LogP contribution >= 0.6 is 11.6 Å². The first-order valence-corrected chi connectivity index (χ1v) is 16.5. The van der Waals surface area contributed by atoms with Crippen LogP contribution in [-0.4, -0.2) is 50.0 Å². The second-order valence-corrected chi connectivity index (χ2v) is 13.2. The minimum absolute atomic E-state index is 0.0513. The van der Waals surface area contributed by atoms with Gasteiger partial charge in [-0.05, 0) is 80.1 Å². The van der Waals surface area contributed by atoms with Crippen molar-refractivity contribution in [1.82, 2.24) is 10.2 Å². The Bertz CT molecular complexity index is 1450. The topological polar surface area (TPSA) is 86.8 Å². The van der Waals surface area contributed by atoms with Crippen LogP contribution in [0.15, 0.2) is 72.8 Å². The van der Waals surface area contributed by atoms with Crippen LogP contribution in [0.25, 0.3) is 0 Å². The van der Waals surface area contributed by atoms with Crippen molar-refractivity contribution >= 4 is 39.1 Å². The Labute approximate surface area is 255 Å². The maximum atomic E-state index is 13.9. The third-order valence-corrected chi connectivity index (χ3v) is 8.91. The molecule has 3 aromatic carbocycles. The lowest BCUT2D eigenvalue weighted by Crippen LogP contribution is -2.52. The van der Waals surface area contributed by atoms with Gasteiger partial charge < -0.3 is 10.2 Å². The van der Waals surface area contributed by atoms with E-state index >= 15 is 0 Å². The fourth-order valence-corrected chi connectivity index (χ4v) is 5.75. The number of nitrogens with one attached hydrogen (secondary N) is 1. The van der Waals surface area contributed by atoms with Gasteiger partial charge in [-0.25, -0.2) is 8.42 Å². The predicted octanol–water partition coefficient (Wildman–Crippen LogP) is 6.06. The zero-order valence-corrected chi connectivity index (χ0v) is 26.7. The molecule has 0 saturated carbocycles. The number of hydrogen-bond donors (Lipinski definition) is 1. The highest BCUT2D eigenvalue weighted by Gasteiger charge is 2.31. The van der Waals surface area contributed by atoms with Crippen molar-refractivity contribution in [2.45, 2.75) is 72.0 Å². The summed E-state index contributed by atoms with van der Waals surface area (Å²) >= 11 is 6.11. The lowest BCUT2D eigenvalue weighted by molar-refractivity contribution is -0.141. The fourth-order valence-electron chi connectivity index (χ4n) is 4.67. The molecule has 0 fully saturated rings. The molecule has 1 N–H and O–H groups in total. The highest BCUT2D eigenvalue weighted by molar-refractivity contribution is 7.92. The zero-order chi connectivity index (χ0) is 30.9. The van der Waals surface area contributed by atoms with Gasteiger partial charge in [0.15, 0.2) is 0 Å². The van der Waals surface area contributed by atoms with Crippen molar-refractivity contribution in [2.75, 3.05) is 17.1 Å². The zero-order valence-electron chi connectivity index (χ0n) is 25.1. The standard InChI is InChI=1S/C33H42ClN3O4S/c1-6-26(4)35-33(39)31(22-27-11-8-7-9-12-27)36(23-28-15-17-29(34)18-16-28)32(38)13-10-20-37(42(5,40)41)30-19-14-24(2)25(3)21-30/h7-9,11-12,14-19,21,26,31H,6,10,13,20,22-23H2,1-5H3,(H,35,39)/t26-,31-/m0/s1. The minimum atomic E-state index is -3.57. The van der Waals surface area contributed by atoms with E-state index in [1.165, 1.54) is 10.6 Å². The van der Waals surface area contributed by atoms with E-state index in [0.29, 0.717) is 23.6 Å². The molecule has 42 heavy (non-hydrogen) atoms. The number of amides is 2. The fraction of sp³-hybridized carbons (Fsp3) is 0.394. The summed E-state index contributed by atoms with van der Waals surface area (Å²) in [5.74, 6) is -0.442. The van der Waals surface area contributed by atoms with Crippen molar-refractivity contribution in [3.8, 4) is 0 Å². The number of rotatable bonds is 14. The number of anilines is 1. The molecule has 0 bridgehead atoms. The summed E-state index contributed by atoms with van der Waals surface area (Å²) in [6.07, 6.45) is 2.65. The third-order valence-electron chi connectivity index (χ3n) is 7.47. The molecular formula is C33H42ClN3O4S. The van der Waals surface area contributed by atoms with Crippen LogP contribution in [0.5, 0.6) is 0 Å². The van der Waals surface area contributed by atoms with E-state index in [1.807, 2.05) is 82.3 Å². The number of hydrogen-bond acceptors (Lipinski definition) is 4. The summed E-state index contributed by atoms with van der Waals surface area (Å²) in [6.45, 7) is 8.21. The number of carbonyl (C=O) groups excluding carboxylic acids is 2. The number of aryl methyl sites for hydroxylation is 2. The molecule has 0 aliphatic rings. The van der Waals surface area contributed by atoms with Crippen molar-refractivity contribution in [1.29, 1.82) is 0 Å². The number of halogens is 1. The molecule has 2 atom stereocenters. The summed E-state index contributed by atoms with van der Waals surface area (Å²) in [7, 11) is -3.57. The number of nitrogens with zero attached hydrogens (tertiary/aromatic N) is 2. The Morgan fingerprint density at radius 1 is 0.929 bits per heavy atom. The lowest BCUT2D eigenvalue weighted by atomic mass is 10.0. The van der Waals surface area contributed by atoms with Gasteiger partial charge in [-0.3, -0.25) is 13.9 Å². The molecule has 0 heterocycles. The van der Waals surface area contributed by atoms with E-state index in [2.05, 4.69) is 5.32 Å². The largest absolute Gasteiger partial charge is 0.352 e. The van der Waals surface area contributed by atoms with Gasteiger partial charge in [0, 0.05) is 37.0 Å². The average molecular weight is 612 g/mol. The second-order valence-electron chi connectivity index (χ2n) is 10.9. The molecule has 0 aliphatic heterocycles. The molecule has 0 aliphatic carbocycles. The van der Waals surface area contributed by atoms with Crippen LogP contribution in [0.1, 0.15) is 55.4 Å². The van der Waals surface area contributed by atoms with Gasteiger partial charge in [0.1, 0.15) is 6.04 Å². The normalized spacial score (nSPS) is 12.8. The molecule has 9 heteroatoms. The van der Waals surface area contributed by atoms with Gasteiger partial charge in [-0.15, -0.1) is 0 Å². The molecule has 7 nitrogen and oxygen atoms in total. The molecule has 2 amide bonds. The van der Waals surface area contributed by atoms with Crippen molar-refractivity contribution in [2.24, 2.45) is 0 Å². The van der Waals surface area contributed by atoms with Gasteiger partial charge in [-0.2, -0.15) is 0 Å². The Kier molecular flexibility index (Phi) is 12.0. The Morgan fingerprint density at radius 2 is 1.60 bits per heavy atom. The Hall–Kier alpha value is -3.36. The SMILES string of the molecule is CC[C@H](C)NC(=O)[C@H](Cc1ccccc1)N(Cc1ccc(Cl)cc1)C(=O)CCCN(c1ccc(C)c(C)c1)S(C)(=O)=O. The van der Waals surface area contributed by atoms with Crippen LogP contribution in [0.2, 0.25) is 5.02 Å². The van der Waals surface area contributed by atoms with E-state index in [-0.39, 0.29) is 37.4 Å². The summed E-state index contributed by atoms with van der Waals surface area (Å²) in [4.78, 5) is 29.2. The summed E-state index contributed by atoms with van der Waals surface area (Å²) in [5, 5.41) is 3.65. The van der Waals surface area contributed by atoms with Gasteiger partial charge >= 0.3 is 0 Å². The Balaban J connectivity index is 1.89. The maximum absolute atomic E-state index is 13.9. The number of benzene rings is 3. The van der Waals surface area contributed by atoms with Crippen LogP contribution < -0.4 is 9.62 Å². The quantitative estimate of drug-likeness (QED) is 0.240. The molecule has 3 rings (SSSR count). The first-order valence-electron chi connectivity index (χ1n) is 14.3. The molecule has 3 aromatic rings. The van der Waals surface area contributed by atoms with Gasteiger partial charge in [-0.1, -0.05) is 67.1 Å². The van der Waals surface area contributed by atoms with Gasteiger partial charge in [0.05, 0.1) is 11.9 Å². The van der Waals surface area contributed by atoms with Crippen molar-refractivity contribution in [3.63, 3.8) is 0 Å². The highest BCUT2D eigenvalue weighted by Crippen LogP contribution is 2.23. The smallest absolute Gasteiger partial charge is 0.243 e. The van der Waals surface area contributed by atoms with E-state index in [4.69, 9.17) is 11.6 Å². The summed E-state index contributed by atoms with van der Waals surface area (Å²) < 4.78 is 26.8. The van der Waals surface area contributed by atoms with Gasteiger partial charge in [0.25, 0.3) is 0 Å². The molecule has 0 unspecified atom stereocenters. The Morgan fingerprint density at radius 3 is 2.19 bits per heavy atom.